The highest BCUT2D eigenvalue weighted by molar-refractivity contribution is 7.89. The van der Waals surface area contributed by atoms with E-state index in [0.717, 1.165) is 4.31 Å². The first-order valence-electron chi connectivity index (χ1n) is 5.55. The van der Waals surface area contributed by atoms with Crippen molar-refractivity contribution in [2.45, 2.75) is 4.90 Å². The van der Waals surface area contributed by atoms with Crippen molar-refractivity contribution < 1.29 is 18.6 Å². The largest absolute Gasteiger partial charge is 0.395 e. The van der Waals surface area contributed by atoms with E-state index in [1.54, 1.807) is 0 Å². The topological polar surface area (TPSA) is 104 Å². The molecule has 0 radical (unpaired) electrons. The summed E-state index contributed by atoms with van der Waals surface area (Å²) in [6.45, 7) is -0.770. The van der Waals surface area contributed by atoms with E-state index in [-0.39, 0.29) is 36.2 Å². The maximum Gasteiger partial charge on any atom is 0.243 e. The van der Waals surface area contributed by atoms with E-state index < -0.39 is 10.0 Å². The molecule has 8 heteroatoms. The molecule has 0 spiro atoms. The van der Waals surface area contributed by atoms with Gasteiger partial charge in [-0.1, -0.05) is 24.4 Å². The summed E-state index contributed by atoms with van der Waals surface area (Å²) < 4.78 is 25.5. The Balaban J connectivity index is 3.07. The van der Waals surface area contributed by atoms with E-state index in [1.165, 1.54) is 24.3 Å². The lowest BCUT2D eigenvalue weighted by Gasteiger charge is -2.20. The molecule has 0 aliphatic rings. The average Bonchev–Trinajstić information content (AvgIpc) is 2.38. The lowest BCUT2D eigenvalue weighted by Crippen LogP contribution is -2.35. The van der Waals surface area contributed by atoms with Gasteiger partial charge in [0.2, 0.25) is 10.0 Å². The minimum Gasteiger partial charge on any atom is -0.395 e. The molecule has 0 aliphatic heterocycles. The molecule has 0 saturated heterocycles. The monoisotopic (exact) mass is 304 g/mol. The van der Waals surface area contributed by atoms with Gasteiger partial charge in [0, 0.05) is 18.7 Å². The lowest BCUT2D eigenvalue weighted by molar-refractivity contribution is 0.217. The Kier molecular flexibility index (Phi) is 5.83. The van der Waals surface area contributed by atoms with E-state index in [1.807, 2.05) is 0 Å². The second-order valence-electron chi connectivity index (χ2n) is 3.74. The molecule has 0 fully saturated rings. The molecule has 6 nitrogen and oxygen atoms in total. The molecule has 0 bridgehead atoms. The summed E-state index contributed by atoms with van der Waals surface area (Å²) in [6, 6.07) is 5.83. The van der Waals surface area contributed by atoms with Crippen LogP contribution in [0.3, 0.4) is 0 Å². The number of rotatable bonds is 7. The van der Waals surface area contributed by atoms with E-state index in [4.69, 9.17) is 28.2 Å². The standard InChI is InChI=1S/C11H16N2O4S2/c12-11(18)9-1-3-10(4-2-9)19(16,17)13(5-7-14)6-8-15/h1-4,14-15H,5-8H2,(H2,12,18). The second kappa shape index (κ2) is 6.92. The van der Waals surface area contributed by atoms with Crippen LogP contribution >= 0.6 is 12.2 Å². The summed E-state index contributed by atoms with van der Waals surface area (Å²) in [6.07, 6.45) is 0. The molecule has 106 valence electrons. The molecule has 0 heterocycles. The fourth-order valence-corrected chi connectivity index (χ4v) is 3.07. The number of nitrogens with two attached hydrogens (primary N) is 1. The van der Waals surface area contributed by atoms with Crippen LogP contribution in [-0.4, -0.2) is 54.2 Å². The van der Waals surface area contributed by atoms with Crippen LogP contribution < -0.4 is 5.73 Å². The highest BCUT2D eigenvalue weighted by Gasteiger charge is 2.23. The molecular weight excluding hydrogens is 288 g/mol. The Morgan fingerprint density at radius 2 is 1.63 bits per heavy atom. The van der Waals surface area contributed by atoms with Gasteiger partial charge < -0.3 is 15.9 Å². The third-order valence-electron chi connectivity index (χ3n) is 2.48. The van der Waals surface area contributed by atoms with Gasteiger partial charge in [0.1, 0.15) is 4.99 Å². The smallest absolute Gasteiger partial charge is 0.243 e. The summed E-state index contributed by atoms with van der Waals surface area (Å²) in [4.78, 5) is 0.251. The Hall–Kier alpha value is -1.06. The zero-order chi connectivity index (χ0) is 14.5. The first kappa shape index (κ1) is 16.0. The SMILES string of the molecule is NC(=S)c1ccc(S(=O)(=O)N(CCO)CCO)cc1. The van der Waals surface area contributed by atoms with E-state index >= 15 is 0 Å². The van der Waals surface area contributed by atoms with Crippen molar-refractivity contribution >= 4 is 27.2 Å². The molecular formula is C11H16N2O4S2. The first-order chi connectivity index (χ1) is 8.93. The molecule has 4 N–H and O–H groups in total. The van der Waals surface area contributed by atoms with Gasteiger partial charge in [0.05, 0.1) is 18.1 Å². The molecule has 1 aromatic rings. The maximum absolute atomic E-state index is 12.2. The molecule has 0 aromatic heterocycles. The fourth-order valence-electron chi connectivity index (χ4n) is 1.52. The summed E-state index contributed by atoms with van der Waals surface area (Å²) in [5, 5.41) is 17.7. The number of sulfonamides is 1. The van der Waals surface area contributed by atoms with Crippen molar-refractivity contribution in [1.29, 1.82) is 0 Å². The molecule has 0 aliphatic carbocycles. The van der Waals surface area contributed by atoms with Crippen LogP contribution in [0.1, 0.15) is 5.56 Å². The lowest BCUT2D eigenvalue weighted by atomic mass is 10.2. The van der Waals surface area contributed by atoms with Gasteiger partial charge in [-0.2, -0.15) is 4.31 Å². The van der Waals surface area contributed by atoms with Crippen LogP contribution in [0, 0.1) is 0 Å². The van der Waals surface area contributed by atoms with Crippen LogP contribution in [0.2, 0.25) is 0 Å². The van der Waals surface area contributed by atoms with Gasteiger partial charge in [0.15, 0.2) is 0 Å². The van der Waals surface area contributed by atoms with Crippen molar-refractivity contribution in [2.24, 2.45) is 5.73 Å². The molecule has 0 saturated carbocycles. The number of benzene rings is 1. The molecule has 0 unspecified atom stereocenters. The summed E-state index contributed by atoms with van der Waals surface area (Å²) in [5.74, 6) is 0. The van der Waals surface area contributed by atoms with Crippen molar-refractivity contribution in [3.05, 3.63) is 29.8 Å². The highest BCUT2D eigenvalue weighted by Crippen LogP contribution is 2.16. The molecule has 0 atom stereocenters. The Morgan fingerprint density at radius 3 is 2.00 bits per heavy atom. The van der Waals surface area contributed by atoms with Gasteiger partial charge in [-0.25, -0.2) is 8.42 Å². The summed E-state index contributed by atoms with van der Waals surface area (Å²) in [5.41, 5.74) is 6.01. The average molecular weight is 304 g/mol. The maximum atomic E-state index is 12.2. The summed E-state index contributed by atoms with van der Waals surface area (Å²) >= 11 is 4.79. The van der Waals surface area contributed by atoms with Gasteiger partial charge in [0.25, 0.3) is 0 Å². The first-order valence-corrected chi connectivity index (χ1v) is 7.40. The van der Waals surface area contributed by atoms with Gasteiger partial charge >= 0.3 is 0 Å². The molecule has 19 heavy (non-hydrogen) atoms. The number of nitrogens with zero attached hydrogens (tertiary/aromatic N) is 1. The van der Waals surface area contributed by atoms with Crippen molar-refractivity contribution in [2.75, 3.05) is 26.3 Å². The second-order valence-corrected chi connectivity index (χ2v) is 6.12. The predicted molar refractivity (Wildman–Crippen MR) is 75.3 cm³/mol. The van der Waals surface area contributed by atoms with E-state index in [9.17, 15) is 8.42 Å². The van der Waals surface area contributed by atoms with E-state index in [2.05, 4.69) is 0 Å². The quantitative estimate of drug-likeness (QED) is 0.575. The number of thiocarbonyl (C=S) groups is 1. The third-order valence-corrected chi connectivity index (χ3v) is 4.62. The third kappa shape index (κ3) is 3.95. The zero-order valence-electron chi connectivity index (χ0n) is 10.2. The fraction of sp³-hybridized carbons (Fsp3) is 0.364. The number of hydrogen-bond acceptors (Lipinski definition) is 5. The van der Waals surface area contributed by atoms with Crippen molar-refractivity contribution in [3.8, 4) is 0 Å². The summed E-state index contributed by atoms with van der Waals surface area (Å²) in [7, 11) is -3.74. The van der Waals surface area contributed by atoms with Crippen LogP contribution in [0.4, 0.5) is 0 Å². The van der Waals surface area contributed by atoms with Gasteiger partial charge in [-0.15, -0.1) is 0 Å². The minimum absolute atomic E-state index is 0.0643. The molecule has 1 rings (SSSR count). The normalized spacial score (nSPS) is 11.7. The number of aliphatic hydroxyl groups is 2. The Labute approximate surface area is 117 Å². The van der Waals surface area contributed by atoms with Gasteiger partial charge in [-0.3, -0.25) is 0 Å². The van der Waals surface area contributed by atoms with Crippen LogP contribution in [0.25, 0.3) is 0 Å². The zero-order valence-corrected chi connectivity index (χ0v) is 11.8. The van der Waals surface area contributed by atoms with Crippen LogP contribution in [-0.2, 0) is 10.0 Å². The van der Waals surface area contributed by atoms with Crippen LogP contribution in [0.15, 0.2) is 29.2 Å². The Bertz CT molecular complexity index is 522. The number of aliphatic hydroxyl groups excluding tert-OH is 2. The predicted octanol–water partition coefficient (Wildman–Crippen LogP) is -0.704. The minimum atomic E-state index is -3.74. The van der Waals surface area contributed by atoms with Crippen molar-refractivity contribution in [3.63, 3.8) is 0 Å². The number of hydrogen-bond donors (Lipinski definition) is 3. The van der Waals surface area contributed by atoms with Crippen molar-refractivity contribution in [1.82, 2.24) is 4.31 Å². The molecule has 1 aromatic carbocycles. The van der Waals surface area contributed by atoms with Gasteiger partial charge in [-0.05, 0) is 12.1 Å². The van der Waals surface area contributed by atoms with E-state index in [0.29, 0.717) is 5.56 Å². The molecule has 0 amide bonds. The Morgan fingerprint density at radius 1 is 1.16 bits per heavy atom. The van der Waals surface area contributed by atoms with Crippen LogP contribution in [0.5, 0.6) is 0 Å². The highest BCUT2D eigenvalue weighted by atomic mass is 32.2.